The molecule has 2 N–H and O–H groups in total. The highest BCUT2D eigenvalue weighted by Crippen LogP contribution is 2.33. The highest BCUT2D eigenvalue weighted by Gasteiger charge is 2.18. The van der Waals surface area contributed by atoms with Gasteiger partial charge in [-0.05, 0) is 59.2 Å². The Morgan fingerprint density at radius 3 is 2.46 bits per heavy atom. The molecular formula is C18H32Cl2N2O2. The molecule has 1 aromatic carbocycles. The van der Waals surface area contributed by atoms with Crippen molar-refractivity contribution in [1.82, 2.24) is 4.90 Å². The van der Waals surface area contributed by atoms with E-state index >= 15 is 0 Å². The first-order valence-corrected chi connectivity index (χ1v) is 8.51. The maximum atomic E-state index is 6.08. The predicted molar refractivity (Wildman–Crippen MR) is 105 cm³/mol. The van der Waals surface area contributed by atoms with E-state index in [4.69, 9.17) is 15.2 Å². The molecule has 0 amide bonds. The van der Waals surface area contributed by atoms with Gasteiger partial charge in [-0.1, -0.05) is 6.07 Å². The fourth-order valence-corrected chi connectivity index (χ4v) is 3.09. The minimum absolute atomic E-state index is 0. The predicted octanol–water partition coefficient (Wildman–Crippen LogP) is 3.95. The summed E-state index contributed by atoms with van der Waals surface area (Å²) in [7, 11) is 0. The monoisotopic (exact) mass is 378 g/mol. The summed E-state index contributed by atoms with van der Waals surface area (Å²) < 4.78 is 11.6. The summed E-state index contributed by atoms with van der Waals surface area (Å²) in [5.41, 5.74) is 8.43. The van der Waals surface area contributed by atoms with E-state index in [1.54, 1.807) is 0 Å². The molecule has 24 heavy (non-hydrogen) atoms. The molecule has 1 atom stereocenters. The molecule has 0 spiro atoms. The van der Waals surface area contributed by atoms with Gasteiger partial charge in [0.1, 0.15) is 11.5 Å². The van der Waals surface area contributed by atoms with E-state index in [-0.39, 0.29) is 24.8 Å². The van der Waals surface area contributed by atoms with Crippen molar-refractivity contribution in [2.24, 2.45) is 5.73 Å². The van der Waals surface area contributed by atoms with Gasteiger partial charge >= 0.3 is 0 Å². The second-order valence-electron chi connectivity index (χ2n) is 6.01. The Kier molecular flexibility index (Phi) is 11.5. The van der Waals surface area contributed by atoms with Crippen LogP contribution in [0, 0.1) is 6.92 Å². The van der Waals surface area contributed by atoms with Crippen LogP contribution in [0.5, 0.6) is 11.5 Å². The number of nitrogens with zero attached hydrogens (tertiary/aromatic N) is 1. The van der Waals surface area contributed by atoms with Gasteiger partial charge in [0.2, 0.25) is 0 Å². The van der Waals surface area contributed by atoms with Gasteiger partial charge in [-0.25, -0.2) is 0 Å². The normalized spacial score (nSPS) is 18.1. The van der Waals surface area contributed by atoms with Gasteiger partial charge in [0.25, 0.3) is 0 Å². The number of hydrogen-bond donors (Lipinski definition) is 1. The summed E-state index contributed by atoms with van der Waals surface area (Å²) in [5.74, 6) is 1.91. The zero-order valence-electron chi connectivity index (χ0n) is 15.0. The van der Waals surface area contributed by atoms with Crippen molar-refractivity contribution in [2.75, 3.05) is 26.3 Å². The lowest BCUT2D eigenvalue weighted by Gasteiger charge is -2.23. The van der Waals surface area contributed by atoms with Crippen LogP contribution in [-0.2, 0) is 6.54 Å². The molecule has 1 unspecified atom stereocenters. The Morgan fingerprint density at radius 2 is 1.79 bits per heavy atom. The van der Waals surface area contributed by atoms with Crippen molar-refractivity contribution in [1.29, 1.82) is 0 Å². The average molecular weight is 379 g/mol. The van der Waals surface area contributed by atoms with Gasteiger partial charge in [0, 0.05) is 23.7 Å². The molecule has 0 bridgehead atoms. The topological polar surface area (TPSA) is 47.7 Å². The molecule has 1 heterocycles. The van der Waals surface area contributed by atoms with Crippen LogP contribution in [0.15, 0.2) is 12.1 Å². The first-order valence-electron chi connectivity index (χ1n) is 8.51. The lowest BCUT2D eigenvalue weighted by molar-refractivity contribution is 0.264. The minimum atomic E-state index is 0. The summed E-state index contributed by atoms with van der Waals surface area (Å²) >= 11 is 0. The first-order chi connectivity index (χ1) is 10.7. The zero-order valence-corrected chi connectivity index (χ0v) is 16.7. The Labute approximate surface area is 158 Å². The largest absolute Gasteiger partial charge is 0.493 e. The molecule has 1 aliphatic heterocycles. The van der Waals surface area contributed by atoms with Crippen LogP contribution in [0.25, 0.3) is 0 Å². The molecule has 1 saturated heterocycles. The van der Waals surface area contributed by atoms with E-state index in [0.29, 0.717) is 19.3 Å². The average Bonchev–Trinajstić information content (AvgIpc) is 2.71. The third kappa shape index (κ3) is 6.32. The molecule has 2 rings (SSSR count). The molecule has 1 aromatic rings. The molecular weight excluding hydrogens is 347 g/mol. The third-order valence-corrected chi connectivity index (χ3v) is 4.29. The van der Waals surface area contributed by atoms with E-state index in [0.717, 1.165) is 49.5 Å². The van der Waals surface area contributed by atoms with Crippen LogP contribution in [0.2, 0.25) is 0 Å². The summed E-state index contributed by atoms with van der Waals surface area (Å²) in [4.78, 5) is 2.49. The molecule has 1 fully saturated rings. The number of halogens is 2. The van der Waals surface area contributed by atoms with E-state index < -0.39 is 0 Å². The van der Waals surface area contributed by atoms with E-state index in [9.17, 15) is 0 Å². The maximum absolute atomic E-state index is 6.08. The van der Waals surface area contributed by atoms with Crippen LogP contribution in [0.4, 0.5) is 0 Å². The quantitative estimate of drug-likeness (QED) is 0.813. The molecule has 0 saturated carbocycles. The highest BCUT2D eigenvalue weighted by atomic mass is 35.5. The number of rotatable bonds is 6. The lowest BCUT2D eigenvalue weighted by Crippen LogP contribution is -2.26. The first kappa shape index (κ1) is 23.3. The smallest absolute Gasteiger partial charge is 0.130 e. The van der Waals surface area contributed by atoms with Crippen LogP contribution < -0.4 is 15.2 Å². The van der Waals surface area contributed by atoms with E-state index in [1.165, 1.54) is 12.0 Å². The van der Waals surface area contributed by atoms with Crippen molar-refractivity contribution in [3.05, 3.63) is 23.3 Å². The van der Waals surface area contributed by atoms with Crippen molar-refractivity contribution in [3.63, 3.8) is 0 Å². The molecule has 4 nitrogen and oxygen atoms in total. The number of hydrogen-bond acceptors (Lipinski definition) is 4. The molecule has 1 aliphatic rings. The van der Waals surface area contributed by atoms with Gasteiger partial charge in [-0.2, -0.15) is 0 Å². The number of likely N-dealkylation sites (tertiary alicyclic amines) is 1. The van der Waals surface area contributed by atoms with Gasteiger partial charge < -0.3 is 15.2 Å². The SMILES string of the molecule is CCOc1ccc(CN2CCCC(N)CC2)c(OCC)c1C.Cl.Cl. The second kappa shape index (κ2) is 11.8. The molecule has 6 heteroatoms. The van der Waals surface area contributed by atoms with Crippen LogP contribution in [0.1, 0.15) is 44.2 Å². The Hall–Kier alpha value is -0.680. The van der Waals surface area contributed by atoms with Gasteiger partial charge in [0.15, 0.2) is 0 Å². The van der Waals surface area contributed by atoms with E-state index in [1.807, 2.05) is 13.8 Å². The molecule has 0 aromatic heterocycles. The van der Waals surface area contributed by atoms with Crippen LogP contribution >= 0.6 is 24.8 Å². The summed E-state index contributed by atoms with van der Waals surface area (Å²) in [6.07, 6.45) is 3.40. The fraction of sp³-hybridized carbons (Fsp3) is 0.667. The zero-order chi connectivity index (χ0) is 15.9. The number of benzene rings is 1. The second-order valence-corrected chi connectivity index (χ2v) is 6.01. The minimum Gasteiger partial charge on any atom is -0.493 e. The van der Waals surface area contributed by atoms with Crippen molar-refractivity contribution >= 4 is 24.8 Å². The molecule has 0 aliphatic carbocycles. The Morgan fingerprint density at radius 1 is 1.08 bits per heavy atom. The van der Waals surface area contributed by atoms with Crippen molar-refractivity contribution < 1.29 is 9.47 Å². The van der Waals surface area contributed by atoms with Crippen LogP contribution in [-0.4, -0.2) is 37.2 Å². The Bertz CT molecular complexity index is 486. The molecule has 0 radical (unpaired) electrons. The third-order valence-electron chi connectivity index (χ3n) is 4.29. The summed E-state index contributed by atoms with van der Waals surface area (Å²) in [6, 6.07) is 4.58. The summed E-state index contributed by atoms with van der Waals surface area (Å²) in [5, 5.41) is 0. The Balaban J connectivity index is 0.00000264. The van der Waals surface area contributed by atoms with Gasteiger partial charge in [0.05, 0.1) is 13.2 Å². The van der Waals surface area contributed by atoms with Crippen molar-refractivity contribution in [3.8, 4) is 11.5 Å². The number of nitrogens with two attached hydrogens (primary N) is 1. The number of ether oxygens (including phenoxy) is 2. The van der Waals surface area contributed by atoms with Gasteiger partial charge in [-0.3, -0.25) is 4.90 Å². The highest BCUT2D eigenvalue weighted by molar-refractivity contribution is 5.85. The van der Waals surface area contributed by atoms with Crippen LogP contribution in [0.3, 0.4) is 0 Å². The fourth-order valence-electron chi connectivity index (χ4n) is 3.09. The van der Waals surface area contributed by atoms with Gasteiger partial charge in [-0.15, -0.1) is 24.8 Å². The van der Waals surface area contributed by atoms with E-state index in [2.05, 4.69) is 24.0 Å². The molecule has 140 valence electrons. The van der Waals surface area contributed by atoms with Crippen molar-refractivity contribution in [2.45, 2.75) is 52.6 Å². The standard InChI is InChI=1S/C18H30N2O2.2ClH/c1-4-21-17-9-8-15(18(14(17)3)22-5-2)13-20-11-6-7-16(19)10-12-20;;/h8-9,16H,4-7,10-13,19H2,1-3H3;2*1H. The maximum Gasteiger partial charge on any atom is 0.130 e. The summed E-state index contributed by atoms with van der Waals surface area (Å²) in [6.45, 7) is 10.6. The lowest BCUT2D eigenvalue weighted by atomic mass is 10.1.